The van der Waals surface area contributed by atoms with E-state index in [4.69, 9.17) is 15.2 Å². The Labute approximate surface area is 130 Å². The fraction of sp³-hybridized carbons (Fsp3) is 0.533. The van der Waals surface area contributed by atoms with Crippen molar-refractivity contribution in [2.45, 2.75) is 12.5 Å². The molecule has 2 rings (SSSR count). The third-order valence-corrected chi connectivity index (χ3v) is 3.31. The molecule has 22 heavy (non-hydrogen) atoms. The quantitative estimate of drug-likeness (QED) is 0.587. The number of rotatable bonds is 8. The van der Waals surface area contributed by atoms with Gasteiger partial charge in [-0.15, -0.1) is 0 Å². The zero-order valence-corrected chi connectivity index (χ0v) is 12.5. The lowest BCUT2D eigenvalue weighted by molar-refractivity contribution is -0.117. The van der Waals surface area contributed by atoms with E-state index in [-0.39, 0.29) is 18.9 Å². The molecule has 1 atom stereocenters. The summed E-state index contributed by atoms with van der Waals surface area (Å²) in [4.78, 5) is 10.8. The number of carbonyl (C=O) groups is 1. The van der Waals surface area contributed by atoms with Crippen molar-refractivity contribution in [1.82, 2.24) is 10.4 Å². The molecule has 0 spiro atoms. The number of hydrogen-bond donors (Lipinski definition) is 3. The summed E-state index contributed by atoms with van der Waals surface area (Å²) in [5, 5.41) is 11.9. The molecule has 1 aliphatic heterocycles. The van der Waals surface area contributed by atoms with E-state index in [1.165, 1.54) is 0 Å². The maximum atomic E-state index is 10.8. The highest BCUT2D eigenvalue weighted by Gasteiger charge is 2.12. The van der Waals surface area contributed by atoms with Gasteiger partial charge in [-0.2, -0.15) is 0 Å². The molecule has 1 amide bonds. The van der Waals surface area contributed by atoms with Crippen LogP contribution in [-0.2, 0) is 16.0 Å². The Hall–Kier alpha value is -1.67. The minimum atomic E-state index is -0.604. The summed E-state index contributed by atoms with van der Waals surface area (Å²) >= 11 is 0. The van der Waals surface area contributed by atoms with Crippen molar-refractivity contribution in [3.8, 4) is 5.75 Å². The predicted octanol–water partition coefficient (Wildman–Crippen LogP) is -0.709. The van der Waals surface area contributed by atoms with Crippen molar-refractivity contribution in [1.29, 1.82) is 0 Å². The van der Waals surface area contributed by atoms with Crippen LogP contribution in [0.4, 0.5) is 0 Å². The molecule has 0 saturated carbocycles. The minimum absolute atomic E-state index is 0.201. The normalized spacial score (nSPS) is 17.1. The molecule has 122 valence electrons. The summed E-state index contributed by atoms with van der Waals surface area (Å²) < 4.78 is 10.8. The molecule has 1 aromatic rings. The number of ether oxygens (including phenoxy) is 2. The number of hydrazine groups is 1. The van der Waals surface area contributed by atoms with Gasteiger partial charge in [0.05, 0.1) is 19.6 Å². The molecule has 1 saturated heterocycles. The Morgan fingerprint density at radius 3 is 2.68 bits per heavy atom. The number of carbonyl (C=O) groups excluding carboxylic acids is 1. The number of amides is 1. The highest BCUT2D eigenvalue weighted by Crippen LogP contribution is 2.12. The first kappa shape index (κ1) is 16.7. The third-order valence-electron chi connectivity index (χ3n) is 3.31. The molecule has 0 aromatic heterocycles. The second-order valence-corrected chi connectivity index (χ2v) is 5.21. The highest BCUT2D eigenvalue weighted by molar-refractivity contribution is 5.76. The third kappa shape index (κ3) is 5.98. The Kier molecular flexibility index (Phi) is 6.60. The maximum absolute atomic E-state index is 10.8. The van der Waals surface area contributed by atoms with Crippen LogP contribution in [0, 0.1) is 0 Å². The molecule has 7 heteroatoms. The molecule has 1 aliphatic rings. The second-order valence-electron chi connectivity index (χ2n) is 5.21. The van der Waals surface area contributed by atoms with E-state index in [9.17, 15) is 9.90 Å². The minimum Gasteiger partial charge on any atom is -0.491 e. The van der Waals surface area contributed by atoms with Crippen LogP contribution in [0.15, 0.2) is 24.3 Å². The van der Waals surface area contributed by atoms with Gasteiger partial charge in [0.15, 0.2) is 0 Å². The summed E-state index contributed by atoms with van der Waals surface area (Å²) in [6.07, 6.45) is -0.389. The van der Waals surface area contributed by atoms with Gasteiger partial charge in [0.2, 0.25) is 5.91 Å². The van der Waals surface area contributed by atoms with Crippen molar-refractivity contribution >= 4 is 5.91 Å². The summed E-state index contributed by atoms with van der Waals surface area (Å²) in [5.74, 6) is 0.289. The Morgan fingerprint density at radius 1 is 1.36 bits per heavy atom. The number of primary amides is 1. The van der Waals surface area contributed by atoms with Gasteiger partial charge in [0.25, 0.3) is 0 Å². The van der Waals surface area contributed by atoms with Gasteiger partial charge in [-0.3, -0.25) is 10.2 Å². The first-order chi connectivity index (χ1) is 10.6. The Morgan fingerprint density at radius 2 is 2.05 bits per heavy atom. The summed E-state index contributed by atoms with van der Waals surface area (Å²) in [6, 6.07) is 7.11. The number of morpholine rings is 1. The van der Waals surface area contributed by atoms with Crippen molar-refractivity contribution in [3.05, 3.63) is 29.8 Å². The van der Waals surface area contributed by atoms with Crippen LogP contribution in [0.5, 0.6) is 5.75 Å². The van der Waals surface area contributed by atoms with Crippen LogP contribution in [0.3, 0.4) is 0 Å². The van der Waals surface area contributed by atoms with Crippen molar-refractivity contribution < 1.29 is 19.4 Å². The first-order valence-electron chi connectivity index (χ1n) is 7.38. The molecule has 7 nitrogen and oxygen atoms in total. The molecule has 1 aromatic carbocycles. The molecule has 1 heterocycles. The van der Waals surface area contributed by atoms with Gasteiger partial charge >= 0.3 is 0 Å². The summed E-state index contributed by atoms with van der Waals surface area (Å²) in [6.45, 7) is 3.67. The molecular formula is C15H23N3O4. The van der Waals surface area contributed by atoms with Gasteiger partial charge in [-0.05, 0) is 17.7 Å². The number of hydrogen-bond acceptors (Lipinski definition) is 6. The van der Waals surface area contributed by atoms with Crippen molar-refractivity contribution in [2.75, 3.05) is 39.5 Å². The first-order valence-corrected chi connectivity index (χ1v) is 7.38. The van der Waals surface area contributed by atoms with Crippen LogP contribution in [0.2, 0.25) is 0 Å². The van der Waals surface area contributed by atoms with E-state index in [0.29, 0.717) is 25.5 Å². The average Bonchev–Trinajstić information content (AvgIpc) is 2.53. The number of nitrogens with zero attached hydrogens (tertiary/aromatic N) is 1. The fourth-order valence-corrected chi connectivity index (χ4v) is 2.11. The number of benzene rings is 1. The lowest BCUT2D eigenvalue weighted by atomic mass is 10.1. The number of nitrogens with two attached hydrogens (primary N) is 1. The SMILES string of the molecule is NC(=O)Cc1ccc(OCC(O)CNN2CCOCC2)cc1. The van der Waals surface area contributed by atoms with E-state index in [1.807, 2.05) is 5.01 Å². The van der Waals surface area contributed by atoms with Gasteiger partial charge in [0, 0.05) is 19.6 Å². The zero-order chi connectivity index (χ0) is 15.8. The average molecular weight is 309 g/mol. The Balaban J connectivity index is 1.66. The van der Waals surface area contributed by atoms with Gasteiger partial charge < -0.3 is 20.3 Å². The monoisotopic (exact) mass is 309 g/mol. The summed E-state index contributed by atoms with van der Waals surface area (Å²) in [5.41, 5.74) is 9.14. The van der Waals surface area contributed by atoms with Crippen molar-refractivity contribution in [2.24, 2.45) is 5.73 Å². The molecule has 0 radical (unpaired) electrons. The molecular weight excluding hydrogens is 286 g/mol. The van der Waals surface area contributed by atoms with Crippen LogP contribution >= 0.6 is 0 Å². The van der Waals surface area contributed by atoms with Crippen LogP contribution in [0.1, 0.15) is 5.56 Å². The number of aliphatic hydroxyl groups excluding tert-OH is 1. The lowest BCUT2D eigenvalue weighted by Crippen LogP contribution is -2.48. The predicted molar refractivity (Wildman–Crippen MR) is 81.2 cm³/mol. The van der Waals surface area contributed by atoms with Crippen LogP contribution in [0.25, 0.3) is 0 Å². The lowest BCUT2D eigenvalue weighted by Gasteiger charge is -2.28. The molecule has 4 N–H and O–H groups in total. The number of nitrogens with one attached hydrogen (secondary N) is 1. The van der Waals surface area contributed by atoms with E-state index in [2.05, 4.69) is 5.43 Å². The van der Waals surface area contributed by atoms with E-state index < -0.39 is 6.10 Å². The smallest absolute Gasteiger partial charge is 0.221 e. The zero-order valence-electron chi connectivity index (χ0n) is 12.5. The van der Waals surface area contributed by atoms with E-state index in [0.717, 1.165) is 18.7 Å². The summed E-state index contributed by atoms with van der Waals surface area (Å²) in [7, 11) is 0. The fourth-order valence-electron chi connectivity index (χ4n) is 2.11. The topological polar surface area (TPSA) is 97.1 Å². The van der Waals surface area contributed by atoms with Crippen molar-refractivity contribution in [3.63, 3.8) is 0 Å². The van der Waals surface area contributed by atoms with Gasteiger partial charge in [0.1, 0.15) is 18.5 Å². The maximum Gasteiger partial charge on any atom is 0.221 e. The largest absolute Gasteiger partial charge is 0.491 e. The standard InChI is InChI=1S/C15H23N3O4/c16-15(20)9-12-1-3-14(4-2-12)22-11-13(19)10-17-18-5-7-21-8-6-18/h1-4,13,17,19H,5-11H2,(H2,16,20). The highest BCUT2D eigenvalue weighted by atomic mass is 16.5. The molecule has 1 unspecified atom stereocenters. The van der Waals surface area contributed by atoms with E-state index in [1.54, 1.807) is 24.3 Å². The second kappa shape index (κ2) is 8.70. The van der Waals surface area contributed by atoms with Gasteiger partial charge in [-0.25, -0.2) is 5.01 Å². The van der Waals surface area contributed by atoms with Crippen LogP contribution in [-0.4, -0.2) is 61.6 Å². The molecule has 0 bridgehead atoms. The Bertz CT molecular complexity index is 460. The van der Waals surface area contributed by atoms with E-state index >= 15 is 0 Å². The number of aliphatic hydroxyl groups is 1. The van der Waals surface area contributed by atoms with Gasteiger partial charge in [-0.1, -0.05) is 12.1 Å². The molecule has 1 fully saturated rings. The molecule has 0 aliphatic carbocycles. The van der Waals surface area contributed by atoms with Crippen LogP contribution < -0.4 is 15.9 Å².